The molecule has 1 aliphatic rings. The maximum absolute atomic E-state index is 13.3. The SMILES string of the molecule is Cc1ccc(C(=O)N(CCC[NH+]2CCOCC2)c2nc3ccc(C)cc3s2)cc1. The van der Waals surface area contributed by atoms with Crippen molar-refractivity contribution in [3.63, 3.8) is 0 Å². The number of thiazole rings is 1. The lowest BCUT2D eigenvalue weighted by Gasteiger charge is -2.25. The Kier molecular flexibility index (Phi) is 6.23. The van der Waals surface area contributed by atoms with Crippen molar-refractivity contribution in [2.24, 2.45) is 0 Å². The minimum atomic E-state index is 0.0257. The number of aromatic nitrogens is 1. The first-order chi connectivity index (χ1) is 14.1. The highest BCUT2D eigenvalue weighted by molar-refractivity contribution is 7.22. The number of aryl methyl sites for hydroxylation is 2. The highest BCUT2D eigenvalue weighted by atomic mass is 32.1. The first kappa shape index (κ1) is 20.0. The molecule has 0 atom stereocenters. The van der Waals surface area contributed by atoms with Crippen LogP contribution < -0.4 is 9.80 Å². The number of nitrogens with one attached hydrogen (secondary N) is 1. The molecule has 1 amide bonds. The molecule has 0 aliphatic carbocycles. The summed E-state index contributed by atoms with van der Waals surface area (Å²) < 4.78 is 6.58. The van der Waals surface area contributed by atoms with Crippen molar-refractivity contribution >= 4 is 32.6 Å². The molecule has 1 saturated heterocycles. The zero-order chi connectivity index (χ0) is 20.2. The van der Waals surface area contributed by atoms with Crippen LogP contribution in [0.1, 0.15) is 27.9 Å². The smallest absolute Gasteiger partial charge is 0.260 e. The molecule has 0 unspecified atom stereocenters. The number of ether oxygens (including phenoxy) is 1. The lowest BCUT2D eigenvalue weighted by Crippen LogP contribution is -3.14. The van der Waals surface area contributed by atoms with E-state index in [0.717, 1.165) is 60.2 Å². The van der Waals surface area contributed by atoms with Crippen LogP contribution in [0.15, 0.2) is 42.5 Å². The van der Waals surface area contributed by atoms with E-state index in [1.807, 2.05) is 42.2 Å². The fraction of sp³-hybridized carbons (Fsp3) is 0.391. The number of fused-ring (bicyclic) bond motifs is 1. The van der Waals surface area contributed by atoms with Crippen LogP contribution in [0.5, 0.6) is 0 Å². The van der Waals surface area contributed by atoms with Gasteiger partial charge in [-0.15, -0.1) is 0 Å². The molecule has 0 bridgehead atoms. The zero-order valence-electron chi connectivity index (χ0n) is 17.1. The normalized spacial score (nSPS) is 15.0. The van der Waals surface area contributed by atoms with Crippen molar-refractivity contribution in [1.29, 1.82) is 0 Å². The molecule has 2 aromatic carbocycles. The van der Waals surface area contributed by atoms with Crippen LogP contribution in [0.4, 0.5) is 5.13 Å². The molecule has 0 spiro atoms. The molecule has 0 radical (unpaired) electrons. The number of quaternary nitrogens is 1. The third-order valence-electron chi connectivity index (χ3n) is 5.42. The quantitative estimate of drug-likeness (QED) is 0.680. The summed E-state index contributed by atoms with van der Waals surface area (Å²) in [5.74, 6) is 0.0257. The molecule has 3 aromatic rings. The van der Waals surface area contributed by atoms with Crippen LogP contribution in [-0.4, -0.2) is 50.3 Å². The van der Waals surface area contributed by atoms with Gasteiger partial charge in [0.1, 0.15) is 13.1 Å². The van der Waals surface area contributed by atoms with Gasteiger partial charge in [0, 0.05) is 18.5 Å². The Hall–Kier alpha value is -2.28. The third kappa shape index (κ3) is 4.83. The maximum Gasteiger partial charge on any atom is 0.260 e. The molecule has 152 valence electrons. The van der Waals surface area contributed by atoms with E-state index in [4.69, 9.17) is 9.72 Å². The Labute approximate surface area is 175 Å². The van der Waals surface area contributed by atoms with Gasteiger partial charge in [0.2, 0.25) is 0 Å². The minimum Gasteiger partial charge on any atom is -0.370 e. The molecule has 1 aliphatic heterocycles. The van der Waals surface area contributed by atoms with Crippen molar-refractivity contribution in [1.82, 2.24) is 4.98 Å². The second-order valence-electron chi connectivity index (χ2n) is 7.76. The van der Waals surface area contributed by atoms with E-state index in [0.29, 0.717) is 12.1 Å². The van der Waals surface area contributed by atoms with Gasteiger partial charge in [-0.25, -0.2) is 4.98 Å². The number of hydrogen-bond donors (Lipinski definition) is 1. The van der Waals surface area contributed by atoms with Crippen LogP contribution in [0, 0.1) is 13.8 Å². The molecule has 4 rings (SSSR count). The molecule has 5 nitrogen and oxygen atoms in total. The summed E-state index contributed by atoms with van der Waals surface area (Å²) >= 11 is 1.60. The van der Waals surface area contributed by atoms with Crippen molar-refractivity contribution < 1.29 is 14.4 Å². The molecular formula is C23H28N3O2S+. The number of carbonyl (C=O) groups is 1. The number of anilines is 1. The predicted octanol–water partition coefficient (Wildman–Crippen LogP) is 2.87. The van der Waals surface area contributed by atoms with Gasteiger partial charge in [-0.2, -0.15) is 0 Å². The number of carbonyl (C=O) groups excluding carboxylic acids is 1. The summed E-state index contributed by atoms with van der Waals surface area (Å²) in [5.41, 5.74) is 4.03. The summed E-state index contributed by atoms with van der Waals surface area (Å²) in [4.78, 5) is 21.5. The fourth-order valence-corrected chi connectivity index (χ4v) is 4.76. The van der Waals surface area contributed by atoms with Crippen LogP contribution in [-0.2, 0) is 4.74 Å². The summed E-state index contributed by atoms with van der Waals surface area (Å²) in [5, 5.41) is 0.785. The van der Waals surface area contributed by atoms with Gasteiger partial charge in [0.05, 0.1) is 30.0 Å². The summed E-state index contributed by atoms with van der Waals surface area (Å²) in [6, 6.07) is 14.1. The van der Waals surface area contributed by atoms with Crippen molar-refractivity contribution in [2.75, 3.05) is 44.3 Å². The standard InChI is InChI=1S/C23H27N3O2S/c1-17-4-7-19(8-5-17)22(27)26(11-3-10-25-12-14-28-15-13-25)23-24-20-9-6-18(2)16-21(20)29-23/h4-9,16H,3,10-15H2,1-2H3/p+1. The predicted molar refractivity (Wildman–Crippen MR) is 118 cm³/mol. The Bertz CT molecular complexity index is 977. The van der Waals surface area contributed by atoms with Gasteiger partial charge in [-0.1, -0.05) is 35.1 Å². The minimum absolute atomic E-state index is 0.0257. The molecule has 1 N–H and O–H groups in total. The van der Waals surface area contributed by atoms with E-state index in [-0.39, 0.29) is 5.91 Å². The van der Waals surface area contributed by atoms with Crippen LogP contribution in [0.25, 0.3) is 10.2 Å². The molecule has 6 heteroatoms. The van der Waals surface area contributed by atoms with E-state index in [1.54, 1.807) is 16.2 Å². The number of morpholine rings is 1. The van der Waals surface area contributed by atoms with Gasteiger partial charge in [0.15, 0.2) is 5.13 Å². The summed E-state index contributed by atoms with van der Waals surface area (Å²) in [6.07, 6.45) is 0.946. The van der Waals surface area contributed by atoms with Gasteiger partial charge in [0.25, 0.3) is 5.91 Å². The Morgan fingerprint density at radius 1 is 1.10 bits per heavy atom. The number of amides is 1. The third-order valence-corrected chi connectivity index (χ3v) is 6.46. The highest BCUT2D eigenvalue weighted by Gasteiger charge is 2.22. The van der Waals surface area contributed by atoms with Gasteiger partial charge in [-0.3, -0.25) is 9.69 Å². The van der Waals surface area contributed by atoms with Crippen molar-refractivity contribution in [2.45, 2.75) is 20.3 Å². The van der Waals surface area contributed by atoms with E-state index in [1.165, 1.54) is 5.56 Å². The van der Waals surface area contributed by atoms with E-state index in [2.05, 4.69) is 19.1 Å². The van der Waals surface area contributed by atoms with E-state index >= 15 is 0 Å². The summed E-state index contributed by atoms with van der Waals surface area (Å²) in [7, 11) is 0. The largest absolute Gasteiger partial charge is 0.370 e. The second-order valence-corrected chi connectivity index (χ2v) is 8.77. The first-order valence-electron chi connectivity index (χ1n) is 10.3. The van der Waals surface area contributed by atoms with Crippen molar-refractivity contribution in [3.05, 3.63) is 59.2 Å². The van der Waals surface area contributed by atoms with Crippen LogP contribution >= 0.6 is 11.3 Å². The monoisotopic (exact) mass is 410 g/mol. The molecule has 0 saturated carbocycles. The first-order valence-corrected chi connectivity index (χ1v) is 11.1. The topological polar surface area (TPSA) is 46.9 Å². The van der Waals surface area contributed by atoms with Gasteiger partial charge < -0.3 is 9.64 Å². The van der Waals surface area contributed by atoms with E-state index < -0.39 is 0 Å². The zero-order valence-corrected chi connectivity index (χ0v) is 17.9. The lowest BCUT2D eigenvalue weighted by atomic mass is 10.1. The average molecular weight is 411 g/mol. The Morgan fingerprint density at radius 3 is 2.59 bits per heavy atom. The Balaban J connectivity index is 1.56. The molecule has 1 fully saturated rings. The molecular weight excluding hydrogens is 382 g/mol. The number of nitrogens with zero attached hydrogens (tertiary/aromatic N) is 2. The van der Waals surface area contributed by atoms with Gasteiger partial charge >= 0.3 is 0 Å². The second kappa shape index (κ2) is 9.03. The molecule has 2 heterocycles. The average Bonchev–Trinajstić information content (AvgIpc) is 3.15. The fourth-order valence-electron chi connectivity index (χ4n) is 3.67. The number of benzene rings is 2. The highest BCUT2D eigenvalue weighted by Crippen LogP contribution is 2.30. The van der Waals surface area contributed by atoms with Crippen LogP contribution in [0.2, 0.25) is 0 Å². The van der Waals surface area contributed by atoms with Crippen LogP contribution in [0.3, 0.4) is 0 Å². The molecule has 1 aromatic heterocycles. The lowest BCUT2D eigenvalue weighted by molar-refractivity contribution is -0.908. The van der Waals surface area contributed by atoms with Gasteiger partial charge in [-0.05, 0) is 43.7 Å². The van der Waals surface area contributed by atoms with Crippen molar-refractivity contribution in [3.8, 4) is 0 Å². The Morgan fingerprint density at radius 2 is 1.83 bits per heavy atom. The number of rotatable bonds is 6. The van der Waals surface area contributed by atoms with E-state index in [9.17, 15) is 4.79 Å². The summed E-state index contributed by atoms with van der Waals surface area (Å²) in [6.45, 7) is 9.60. The molecule has 29 heavy (non-hydrogen) atoms. The number of hydrogen-bond acceptors (Lipinski definition) is 4. The maximum atomic E-state index is 13.3.